The number of nitrogens with one attached hydrogen (secondary N) is 2. The minimum absolute atomic E-state index is 0.0149. The predicted molar refractivity (Wildman–Crippen MR) is 219 cm³/mol. The van der Waals surface area contributed by atoms with Crippen LogP contribution in [0, 0.1) is 54.5 Å². The average Bonchev–Trinajstić information content (AvgIpc) is 3.26. The zero-order chi connectivity index (χ0) is 49.4. The first-order chi connectivity index (χ1) is 31.6. The predicted octanol–water partition coefficient (Wildman–Crippen LogP) is 3.93. The van der Waals surface area contributed by atoms with Crippen molar-refractivity contribution in [2.75, 3.05) is 65.0 Å². The lowest BCUT2D eigenvalue weighted by molar-refractivity contribution is -0.162. The van der Waals surface area contributed by atoms with Gasteiger partial charge in [0.05, 0.1) is 66.0 Å². The number of amides is 3. The number of hydrogen-bond acceptors (Lipinski definition) is 13. The zero-order valence-corrected chi connectivity index (χ0v) is 33.6. The lowest BCUT2D eigenvalue weighted by Crippen LogP contribution is -2.39. The van der Waals surface area contributed by atoms with Crippen LogP contribution < -0.4 is 51.2 Å². The van der Waals surface area contributed by atoms with Gasteiger partial charge < -0.3 is 19.6 Å². The third-order valence-corrected chi connectivity index (χ3v) is 8.86. The molecule has 0 bridgehead atoms. The van der Waals surface area contributed by atoms with Crippen LogP contribution in [-0.4, -0.2) is 85.1 Å². The number of fused-ring (bicyclic) bond motifs is 3. The maximum Gasteiger partial charge on any atom is 0.455 e. The SMILES string of the molecule is C#CCN1C(=O)COc2cc(F)c(-n3ncc(C(F)(F)F)cc3=O)cc21.C#CCN1C(=O)COc2cc(F)c(N/N=C/C(=O)C(F)(F)F)cc21.C#CCN1C(=O)COc2cc(F)c(NN)cc21. The van der Waals surface area contributed by atoms with Gasteiger partial charge in [-0.25, -0.2) is 13.2 Å². The van der Waals surface area contributed by atoms with E-state index in [2.05, 4.69) is 33.4 Å². The Bertz CT molecular complexity index is 2850. The van der Waals surface area contributed by atoms with Gasteiger partial charge in [0.1, 0.15) is 22.9 Å². The van der Waals surface area contributed by atoms with Crippen LogP contribution in [0.25, 0.3) is 5.69 Å². The third kappa shape index (κ3) is 11.3. The van der Waals surface area contributed by atoms with Gasteiger partial charge in [0.25, 0.3) is 29.1 Å². The molecule has 1 aromatic heterocycles. The molecule has 0 unspecified atom stereocenters. The van der Waals surface area contributed by atoms with Crippen molar-refractivity contribution >= 4 is 58.2 Å². The number of hydrazone groups is 1. The first-order valence-electron chi connectivity index (χ1n) is 18.3. The highest BCUT2D eigenvalue weighted by atomic mass is 19.4. The molecule has 4 heterocycles. The summed E-state index contributed by atoms with van der Waals surface area (Å²) in [6.45, 7) is -0.939. The van der Waals surface area contributed by atoms with E-state index in [1.807, 2.05) is 5.43 Å². The number of anilines is 5. The second kappa shape index (κ2) is 20.4. The summed E-state index contributed by atoms with van der Waals surface area (Å²) < 4.78 is 131. The fourth-order valence-electron chi connectivity index (χ4n) is 5.78. The summed E-state index contributed by atoms with van der Waals surface area (Å²) in [5.74, 6) is 6.53. The largest absolute Gasteiger partial charge is 0.481 e. The van der Waals surface area contributed by atoms with Crippen LogP contribution in [0.4, 0.5) is 68.0 Å². The quantitative estimate of drug-likeness (QED) is 0.0757. The van der Waals surface area contributed by atoms with E-state index >= 15 is 0 Å². The summed E-state index contributed by atoms with van der Waals surface area (Å²) >= 11 is 0. The van der Waals surface area contributed by atoms with E-state index in [0.717, 1.165) is 34.1 Å². The van der Waals surface area contributed by atoms with E-state index in [1.165, 1.54) is 17.0 Å². The number of ketones is 1. The number of benzene rings is 3. The molecule has 4 aromatic rings. The molecule has 0 atom stereocenters. The lowest BCUT2D eigenvalue weighted by atomic mass is 10.2. The fraction of sp³-hybridized carbons (Fsp3) is 0.195. The number of ether oxygens (including phenoxy) is 3. The Hall–Kier alpha value is -8.70. The van der Waals surface area contributed by atoms with Gasteiger partial charge >= 0.3 is 12.4 Å². The Labute approximate surface area is 370 Å². The summed E-state index contributed by atoms with van der Waals surface area (Å²) in [4.78, 5) is 61.5. The number of alkyl halides is 6. The highest BCUT2D eigenvalue weighted by Gasteiger charge is 2.37. The van der Waals surface area contributed by atoms with Gasteiger partial charge in [-0.3, -0.25) is 49.9 Å². The highest BCUT2D eigenvalue weighted by molar-refractivity contribution is 6.30. The summed E-state index contributed by atoms with van der Waals surface area (Å²) in [6, 6.07) is 6.85. The van der Waals surface area contributed by atoms with Gasteiger partial charge in [-0.2, -0.15) is 41.2 Å². The van der Waals surface area contributed by atoms with Crippen LogP contribution in [0.1, 0.15) is 5.56 Å². The molecule has 0 spiro atoms. The number of nitrogens with zero attached hydrogens (tertiary/aromatic N) is 6. The van der Waals surface area contributed by atoms with Crippen LogP contribution in [0.3, 0.4) is 0 Å². The van der Waals surface area contributed by atoms with Crippen molar-refractivity contribution in [2.24, 2.45) is 10.9 Å². The van der Waals surface area contributed by atoms with Crippen molar-refractivity contribution in [3.05, 3.63) is 82.0 Å². The first-order valence-corrected chi connectivity index (χ1v) is 18.3. The molecular formula is C41H28F9N9O8. The van der Waals surface area contributed by atoms with Crippen LogP contribution in [-0.2, 0) is 25.4 Å². The van der Waals surface area contributed by atoms with E-state index < -0.39 is 64.2 Å². The Morgan fingerprint density at radius 2 is 1.12 bits per heavy atom. The normalized spacial score (nSPS) is 13.9. The number of terminal acetylenes is 3. The van der Waals surface area contributed by atoms with Crippen molar-refractivity contribution in [3.63, 3.8) is 0 Å². The standard InChI is InChI=1S/C16H9F4N3O3.C14H9F4N3O3.C11H10FN3O2/c1-2-3-22-12-6-11(10(17)5-13(12)26-8-15(22)25)23-14(24)4-9(7-21-23)16(18,19)20;1-2-3-21-10-5-9(20-19-6-12(22)14(16,17)18)8(15)4-11(10)24-7-13(21)23;1-2-3-15-9-5-8(14-13)7(12)4-10(9)17-6-11(15)16/h1,4-7H,3,8H2;1,4-6,20H,3,7H2;1,4-5,14H,3,6,13H2/b;19-6+;. The number of hydrazine groups is 1. The number of halogens is 9. The number of carbonyl (C=O) groups is 4. The van der Waals surface area contributed by atoms with Crippen molar-refractivity contribution < 1.29 is 72.9 Å². The van der Waals surface area contributed by atoms with E-state index in [9.17, 15) is 63.5 Å². The van der Waals surface area contributed by atoms with Crippen LogP contribution >= 0.6 is 0 Å². The number of rotatable bonds is 8. The molecule has 26 heteroatoms. The molecule has 4 N–H and O–H groups in total. The first kappa shape index (κ1) is 49.3. The molecule has 0 saturated carbocycles. The Morgan fingerprint density at radius 1 is 0.687 bits per heavy atom. The molecule has 17 nitrogen and oxygen atoms in total. The fourth-order valence-corrected chi connectivity index (χ4v) is 5.78. The number of nitrogens with two attached hydrogens (primary N) is 1. The van der Waals surface area contributed by atoms with Crippen molar-refractivity contribution in [1.82, 2.24) is 9.78 Å². The molecule has 0 aliphatic carbocycles. The maximum absolute atomic E-state index is 14.3. The molecule has 7 rings (SSSR count). The van der Waals surface area contributed by atoms with Gasteiger partial charge in [0, 0.05) is 24.3 Å². The Kier molecular flexibility index (Phi) is 15.0. The molecule has 0 saturated heterocycles. The molecular weight excluding hydrogens is 917 g/mol. The zero-order valence-electron chi connectivity index (χ0n) is 33.6. The van der Waals surface area contributed by atoms with Gasteiger partial charge in [-0.1, -0.05) is 17.8 Å². The van der Waals surface area contributed by atoms with Crippen LogP contribution in [0.5, 0.6) is 17.2 Å². The van der Waals surface area contributed by atoms with E-state index in [0.29, 0.717) is 22.6 Å². The topological polar surface area (TPSA) is 203 Å². The molecule has 3 aliphatic heterocycles. The summed E-state index contributed by atoms with van der Waals surface area (Å²) in [6.07, 6.45) is 6.08. The molecule has 0 fully saturated rings. The second-order valence-electron chi connectivity index (χ2n) is 13.2. The summed E-state index contributed by atoms with van der Waals surface area (Å²) in [7, 11) is 0. The number of carbonyl (C=O) groups excluding carboxylic acids is 4. The van der Waals surface area contributed by atoms with E-state index in [4.69, 9.17) is 39.3 Å². The van der Waals surface area contributed by atoms with E-state index in [-0.39, 0.29) is 91.6 Å². The Balaban J connectivity index is 0.000000192. The summed E-state index contributed by atoms with van der Waals surface area (Å²) in [5, 5.41) is 6.41. The van der Waals surface area contributed by atoms with Crippen LogP contribution in [0.2, 0.25) is 0 Å². The van der Waals surface area contributed by atoms with Crippen molar-refractivity contribution in [3.8, 4) is 60.0 Å². The molecule has 67 heavy (non-hydrogen) atoms. The second-order valence-corrected chi connectivity index (χ2v) is 13.2. The molecule has 3 aliphatic rings. The third-order valence-electron chi connectivity index (χ3n) is 8.86. The van der Waals surface area contributed by atoms with Gasteiger partial charge in [-0.05, 0) is 18.2 Å². The van der Waals surface area contributed by atoms with Crippen molar-refractivity contribution in [1.29, 1.82) is 0 Å². The van der Waals surface area contributed by atoms with Gasteiger partial charge in [0.15, 0.2) is 37.3 Å². The number of aromatic nitrogens is 2. The molecule has 0 radical (unpaired) electrons. The minimum atomic E-state index is -5.08. The van der Waals surface area contributed by atoms with E-state index in [1.54, 1.807) is 0 Å². The molecule has 3 amide bonds. The monoisotopic (exact) mass is 945 g/mol. The molecule has 3 aromatic carbocycles. The lowest BCUT2D eigenvalue weighted by Gasteiger charge is -2.28. The van der Waals surface area contributed by atoms with Gasteiger partial charge in [-0.15, -0.1) is 19.3 Å². The van der Waals surface area contributed by atoms with Crippen molar-refractivity contribution in [2.45, 2.75) is 12.4 Å². The Morgan fingerprint density at radius 3 is 1.54 bits per heavy atom. The highest BCUT2D eigenvalue weighted by Crippen LogP contribution is 2.38. The van der Waals surface area contributed by atoms with Gasteiger partial charge in [0.2, 0.25) is 0 Å². The van der Waals surface area contributed by atoms with Crippen LogP contribution in [0.15, 0.2) is 58.6 Å². The number of Topliss-reactive ketones (excluding diaryl/α,β-unsaturated/α-hetero) is 1. The maximum atomic E-state index is 14.3. The average molecular weight is 946 g/mol. The minimum Gasteiger partial charge on any atom is -0.481 e. The summed E-state index contributed by atoms with van der Waals surface area (Å²) in [5.41, 5.74) is 1.62. The smallest absolute Gasteiger partial charge is 0.455 e. The number of nitrogen functional groups attached to an aromatic ring is 1. The molecule has 348 valence electrons. The number of hydrogen-bond donors (Lipinski definition) is 3.